The van der Waals surface area contributed by atoms with E-state index in [0.717, 1.165) is 4.31 Å². The molecule has 1 aromatic rings. The van der Waals surface area contributed by atoms with E-state index in [1.54, 1.807) is 5.38 Å². The molecule has 0 saturated carbocycles. The zero-order valence-electron chi connectivity index (χ0n) is 11.3. The molecule has 1 aliphatic rings. The zero-order chi connectivity index (χ0) is 15.5. The van der Waals surface area contributed by atoms with Gasteiger partial charge in [-0.15, -0.1) is 15.7 Å². The summed E-state index contributed by atoms with van der Waals surface area (Å²) in [5, 5.41) is 2.10. The summed E-state index contributed by atoms with van der Waals surface area (Å²) >= 11 is 1.22. The van der Waals surface area contributed by atoms with Crippen LogP contribution >= 0.6 is 11.3 Å². The van der Waals surface area contributed by atoms with Crippen LogP contribution in [0.15, 0.2) is 27.7 Å². The number of aromatic nitrogens is 1. The van der Waals surface area contributed by atoms with Gasteiger partial charge in [0.05, 0.1) is 20.3 Å². The molecule has 1 aliphatic heterocycles. The SMILES string of the molecule is COCCN1C(C(=O)OC)=CC(c2nccs2)=NS1(=O)=O. The lowest BCUT2D eigenvalue weighted by atomic mass is 10.3. The number of hydrogen-bond donors (Lipinski definition) is 0. The number of carbonyl (C=O) groups excluding carboxylic acids is 1. The summed E-state index contributed by atoms with van der Waals surface area (Å²) in [7, 11) is -1.42. The van der Waals surface area contributed by atoms with E-state index in [2.05, 4.69) is 14.1 Å². The van der Waals surface area contributed by atoms with Crippen molar-refractivity contribution < 1.29 is 22.7 Å². The Hall–Kier alpha value is -1.78. The number of allylic oxidation sites excluding steroid dienone is 1. The molecular formula is C11H13N3O5S2. The third-order valence-corrected chi connectivity index (χ3v) is 4.74. The minimum atomic E-state index is -4.04. The molecule has 21 heavy (non-hydrogen) atoms. The number of ether oxygens (including phenoxy) is 2. The Morgan fingerprint density at radius 3 is 2.76 bits per heavy atom. The van der Waals surface area contributed by atoms with Gasteiger partial charge in [-0.25, -0.2) is 14.1 Å². The Bertz CT molecular complexity index is 679. The normalized spacial score (nSPS) is 17.1. The van der Waals surface area contributed by atoms with Crippen molar-refractivity contribution in [2.45, 2.75) is 0 Å². The summed E-state index contributed by atoms with van der Waals surface area (Å²) in [4.78, 5) is 15.8. The quantitative estimate of drug-likeness (QED) is 0.715. The summed E-state index contributed by atoms with van der Waals surface area (Å²) in [6.45, 7) is 0.0874. The Morgan fingerprint density at radius 1 is 1.43 bits per heavy atom. The first-order valence-corrected chi connectivity index (χ1v) is 8.08. The second-order valence-electron chi connectivity index (χ2n) is 3.88. The molecule has 10 heteroatoms. The molecule has 0 atom stereocenters. The van der Waals surface area contributed by atoms with Crippen LogP contribution in [0.1, 0.15) is 5.01 Å². The summed E-state index contributed by atoms with van der Waals surface area (Å²) in [5.74, 6) is -0.765. The summed E-state index contributed by atoms with van der Waals surface area (Å²) in [6, 6.07) is 0. The van der Waals surface area contributed by atoms with E-state index in [0.29, 0.717) is 5.01 Å². The first-order valence-electron chi connectivity index (χ1n) is 5.81. The van der Waals surface area contributed by atoms with E-state index >= 15 is 0 Å². The minimum Gasteiger partial charge on any atom is -0.464 e. The molecule has 1 aromatic heterocycles. The highest BCUT2D eigenvalue weighted by molar-refractivity contribution is 7.88. The van der Waals surface area contributed by atoms with Crippen molar-refractivity contribution in [1.29, 1.82) is 0 Å². The van der Waals surface area contributed by atoms with Crippen LogP contribution in [-0.4, -0.2) is 56.8 Å². The molecule has 0 radical (unpaired) electrons. The van der Waals surface area contributed by atoms with E-state index in [-0.39, 0.29) is 24.6 Å². The maximum absolute atomic E-state index is 12.2. The van der Waals surface area contributed by atoms with Crippen molar-refractivity contribution in [3.63, 3.8) is 0 Å². The number of rotatable bonds is 5. The fourth-order valence-electron chi connectivity index (χ4n) is 1.65. The van der Waals surface area contributed by atoms with Crippen molar-refractivity contribution >= 4 is 33.2 Å². The highest BCUT2D eigenvalue weighted by Crippen LogP contribution is 2.22. The Morgan fingerprint density at radius 2 is 2.19 bits per heavy atom. The number of nitrogens with zero attached hydrogens (tertiary/aromatic N) is 3. The lowest BCUT2D eigenvalue weighted by Gasteiger charge is -2.25. The van der Waals surface area contributed by atoms with Crippen molar-refractivity contribution in [3.05, 3.63) is 28.4 Å². The van der Waals surface area contributed by atoms with Gasteiger partial charge in [0.25, 0.3) is 0 Å². The topological polar surface area (TPSA) is 98.2 Å². The predicted octanol–water partition coefficient (Wildman–Crippen LogP) is 0.196. The Labute approximate surface area is 125 Å². The molecule has 114 valence electrons. The van der Waals surface area contributed by atoms with Gasteiger partial charge in [0.1, 0.15) is 16.4 Å². The van der Waals surface area contributed by atoms with Gasteiger partial charge >= 0.3 is 16.2 Å². The molecular weight excluding hydrogens is 318 g/mol. The van der Waals surface area contributed by atoms with Gasteiger partial charge in [0, 0.05) is 18.7 Å². The van der Waals surface area contributed by atoms with Gasteiger partial charge < -0.3 is 9.47 Å². The fraction of sp³-hybridized carbons (Fsp3) is 0.364. The first-order chi connectivity index (χ1) is 9.99. The number of methoxy groups -OCH3 is 2. The van der Waals surface area contributed by atoms with Crippen LogP contribution < -0.4 is 0 Å². The van der Waals surface area contributed by atoms with Crippen molar-refractivity contribution in [2.75, 3.05) is 27.4 Å². The third kappa shape index (κ3) is 3.28. The maximum Gasteiger partial charge on any atom is 0.355 e. The smallest absolute Gasteiger partial charge is 0.355 e. The van der Waals surface area contributed by atoms with E-state index < -0.39 is 16.2 Å². The van der Waals surface area contributed by atoms with Crippen LogP contribution in [0, 0.1) is 0 Å². The fourth-order valence-corrected chi connectivity index (χ4v) is 3.47. The van der Waals surface area contributed by atoms with Gasteiger partial charge in [-0.2, -0.15) is 8.42 Å². The molecule has 0 aliphatic carbocycles. The van der Waals surface area contributed by atoms with E-state index in [1.807, 2.05) is 0 Å². The van der Waals surface area contributed by atoms with Crippen LogP contribution in [0.4, 0.5) is 0 Å². The molecule has 2 heterocycles. The van der Waals surface area contributed by atoms with Crippen LogP contribution in [0.3, 0.4) is 0 Å². The summed E-state index contributed by atoms with van der Waals surface area (Å²) in [5.41, 5.74) is -0.00573. The molecule has 0 aromatic carbocycles. The standard InChI is InChI=1S/C11H13N3O5S2/c1-18-5-4-14-9(11(15)19-2)7-8(13-21(14,16)17)10-12-3-6-20-10/h3,6-7H,4-5H2,1-2H3. The second-order valence-corrected chi connectivity index (χ2v) is 6.29. The Balaban J connectivity index is 2.47. The van der Waals surface area contributed by atoms with E-state index in [4.69, 9.17) is 4.74 Å². The van der Waals surface area contributed by atoms with Gasteiger partial charge in [0.15, 0.2) is 0 Å². The lowest BCUT2D eigenvalue weighted by Crippen LogP contribution is -2.38. The lowest BCUT2D eigenvalue weighted by molar-refractivity contribution is -0.137. The van der Waals surface area contributed by atoms with Gasteiger partial charge in [-0.1, -0.05) is 0 Å². The zero-order valence-corrected chi connectivity index (χ0v) is 13.0. The van der Waals surface area contributed by atoms with Gasteiger partial charge in [-0.05, 0) is 6.08 Å². The number of hydrogen-bond acceptors (Lipinski definition) is 7. The molecule has 0 saturated heterocycles. The number of carbonyl (C=O) groups is 1. The first kappa shape index (κ1) is 15.6. The molecule has 0 N–H and O–H groups in total. The third-order valence-electron chi connectivity index (χ3n) is 2.58. The minimum absolute atomic E-state index is 0.0333. The molecule has 0 bridgehead atoms. The summed E-state index contributed by atoms with van der Waals surface area (Å²) in [6.07, 6.45) is 2.87. The highest BCUT2D eigenvalue weighted by Gasteiger charge is 2.33. The number of esters is 1. The van der Waals surface area contributed by atoms with Crippen molar-refractivity contribution in [1.82, 2.24) is 9.29 Å². The Kier molecular flexibility index (Phi) is 4.70. The predicted molar refractivity (Wildman–Crippen MR) is 76.3 cm³/mol. The maximum atomic E-state index is 12.2. The second kappa shape index (κ2) is 6.33. The van der Waals surface area contributed by atoms with E-state index in [9.17, 15) is 13.2 Å². The number of thiazole rings is 1. The van der Waals surface area contributed by atoms with E-state index in [1.165, 1.54) is 37.8 Å². The monoisotopic (exact) mass is 331 g/mol. The van der Waals surface area contributed by atoms with Crippen LogP contribution in [0.25, 0.3) is 0 Å². The van der Waals surface area contributed by atoms with Crippen LogP contribution in [0.5, 0.6) is 0 Å². The van der Waals surface area contributed by atoms with Crippen molar-refractivity contribution in [2.24, 2.45) is 4.40 Å². The molecule has 0 amide bonds. The molecule has 8 nitrogen and oxygen atoms in total. The van der Waals surface area contributed by atoms with Crippen LogP contribution in [-0.2, 0) is 24.5 Å². The van der Waals surface area contributed by atoms with Crippen molar-refractivity contribution in [3.8, 4) is 0 Å². The van der Waals surface area contributed by atoms with Crippen LogP contribution in [0.2, 0.25) is 0 Å². The van der Waals surface area contributed by atoms with Gasteiger partial charge in [0.2, 0.25) is 0 Å². The largest absolute Gasteiger partial charge is 0.464 e. The molecule has 0 unspecified atom stereocenters. The molecule has 0 fully saturated rings. The van der Waals surface area contributed by atoms with Gasteiger partial charge in [-0.3, -0.25) is 0 Å². The molecule has 2 rings (SSSR count). The average Bonchev–Trinajstić information content (AvgIpc) is 2.98. The summed E-state index contributed by atoms with van der Waals surface area (Å²) < 4.78 is 38.5. The average molecular weight is 331 g/mol. The molecule has 0 spiro atoms. The highest BCUT2D eigenvalue weighted by atomic mass is 32.2.